The summed E-state index contributed by atoms with van der Waals surface area (Å²) in [6.07, 6.45) is 17.8. The Morgan fingerprint density at radius 3 is 2.42 bits per heavy atom. The Morgan fingerprint density at radius 2 is 1.77 bits per heavy atom. The van der Waals surface area contributed by atoms with E-state index in [0.29, 0.717) is 11.8 Å². The third-order valence-electron chi connectivity index (χ3n) is 7.34. The van der Waals surface area contributed by atoms with E-state index in [1.165, 1.54) is 30.4 Å². The lowest BCUT2D eigenvalue weighted by Crippen LogP contribution is -2.29. The van der Waals surface area contributed by atoms with Crippen LogP contribution in [0.2, 0.25) is 0 Å². The maximum Gasteiger partial charge on any atom is 0.309 e. The molecule has 1 aromatic carbocycles. The summed E-state index contributed by atoms with van der Waals surface area (Å²) in [5, 5.41) is 8.55. The molecule has 0 unspecified atom stereocenters. The predicted octanol–water partition coefficient (Wildman–Crippen LogP) is 7.26. The summed E-state index contributed by atoms with van der Waals surface area (Å²) >= 11 is 0. The fourth-order valence-electron chi connectivity index (χ4n) is 5.27. The molecule has 0 atom stereocenters. The summed E-state index contributed by atoms with van der Waals surface area (Å²) < 4.78 is 5.92. The van der Waals surface area contributed by atoms with Crippen LogP contribution in [-0.2, 0) is 16.0 Å². The van der Waals surface area contributed by atoms with Gasteiger partial charge in [0, 0.05) is 6.08 Å². The third-order valence-corrected chi connectivity index (χ3v) is 7.34. The van der Waals surface area contributed by atoms with Crippen LogP contribution in [0, 0.1) is 23.2 Å². The van der Waals surface area contributed by atoms with E-state index in [2.05, 4.69) is 31.2 Å². The average molecular weight is 422 g/mol. The van der Waals surface area contributed by atoms with Crippen molar-refractivity contribution in [3.63, 3.8) is 0 Å². The maximum atomic E-state index is 12.7. The molecule has 1 aromatic rings. The van der Waals surface area contributed by atoms with Crippen LogP contribution in [0.4, 0.5) is 0 Å². The molecule has 2 fully saturated rings. The van der Waals surface area contributed by atoms with Gasteiger partial charge in [-0.15, -0.1) is 0 Å². The number of carbonyl (C=O) groups is 1. The second-order valence-corrected chi connectivity index (χ2v) is 9.58. The Hall–Kier alpha value is -2.08. The number of unbranched alkanes of at least 4 members (excludes halogenated alkanes) is 1. The Morgan fingerprint density at radius 1 is 1.06 bits per heavy atom. The highest BCUT2D eigenvalue weighted by molar-refractivity contribution is 5.72. The lowest BCUT2D eigenvalue weighted by atomic mass is 9.78. The summed E-state index contributed by atoms with van der Waals surface area (Å²) in [5.74, 6) is 1.44. The molecule has 0 N–H and O–H groups in total. The highest BCUT2D eigenvalue weighted by Crippen LogP contribution is 2.37. The van der Waals surface area contributed by atoms with Gasteiger partial charge in [0.15, 0.2) is 0 Å². The molecule has 0 bridgehead atoms. The molecule has 0 aromatic heterocycles. The van der Waals surface area contributed by atoms with Gasteiger partial charge in [-0.2, -0.15) is 5.26 Å². The van der Waals surface area contributed by atoms with Gasteiger partial charge >= 0.3 is 5.97 Å². The monoisotopic (exact) mass is 421 g/mol. The number of nitrogens with zero attached hydrogens (tertiary/aromatic N) is 1. The van der Waals surface area contributed by atoms with Crippen molar-refractivity contribution in [3.05, 3.63) is 47.5 Å². The third kappa shape index (κ3) is 7.53. The number of hydrogen-bond donors (Lipinski definition) is 0. The first-order valence-electron chi connectivity index (χ1n) is 12.5. The molecular formula is C28H39NO2. The van der Waals surface area contributed by atoms with Crippen molar-refractivity contribution >= 4 is 5.97 Å². The standard InChI is InChI=1S/C28H39NO2/c1-2-3-7-22-9-13-24(14-10-22)25-15-17-26(18-16-25)28(30)31-27-19-11-23(12-20-27)8-5-4-6-21-29/h4,6,9-10,13-14,23,25-27H,2-3,5,7-8,11-12,15-20H2,1H3/t23-,25-,26-,27-. The van der Waals surface area contributed by atoms with Crippen molar-refractivity contribution in [1.82, 2.24) is 0 Å². The molecule has 0 heterocycles. The van der Waals surface area contributed by atoms with E-state index in [4.69, 9.17) is 10.00 Å². The van der Waals surface area contributed by atoms with Crippen molar-refractivity contribution in [2.45, 2.75) is 102 Å². The first-order valence-corrected chi connectivity index (χ1v) is 12.5. The van der Waals surface area contributed by atoms with Gasteiger partial charge in [-0.05, 0) is 100 Å². The Kier molecular flexibility index (Phi) is 9.66. The number of hydrogen-bond acceptors (Lipinski definition) is 3. The molecule has 0 saturated heterocycles. The van der Waals surface area contributed by atoms with Gasteiger partial charge < -0.3 is 4.74 Å². The molecule has 0 radical (unpaired) electrons. The highest BCUT2D eigenvalue weighted by Gasteiger charge is 2.31. The number of ether oxygens (including phenoxy) is 1. The molecule has 3 heteroatoms. The normalized spacial score (nSPS) is 26.5. The van der Waals surface area contributed by atoms with Gasteiger partial charge in [0.05, 0.1) is 12.0 Å². The number of esters is 1. The van der Waals surface area contributed by atoms with Crippen molar-refractivity contribution in [2.75, 3.05) is 0 Å². The average Bonchev–Trinajstić information content (AvgIpc) is 2.82. The molecular weight excluding hydrogens is 382 g/mol. The quantitative estimate of drug-likeness (QED) is 0.311. The smallest absolute Gasteiger partial charge is 0.309 e. The van der Waals surface area contributed by atoms with E-state index in [0.717, 1.165) is 64.2 Å². The van der Waals surface area contributed by atoms with Crippen molar-refractivity contribution in [2.24, 2.45) is 11.8 Å². The zero-order valence-corrected chi connectivity index (χ0v) is 19.2. The molecule has 168 valence electrons. The maximum absolute atomic E-state index is 12.7. The summed E-state index contributed by atoms with van der Waals surface area (Å²) in [5.41, 5.74) is 2.88. The van der Waals surface area contributed by atoms with Gasteiger partial charge in [-0.3, -0.25) is 4.79 Å². The van der Waals surface area contributed by atoms with Crippen LogP contribution >= 0.6 is 0 Å². The van der Waals surface area contributed by atoms with Crippen LogP contribution in [0.5, 0.6) is 0 Å². The highest BCUT2D eigenvalue weighted by atomic mass is 16.5. The molecule has 0 amide bonds. The van der Waals surface area contributed by atoms with Gasteiger partial charge in [0.1, 0.15) is 6.10 Å². The minimum atomic E-state index is 0.0498. The second kappa shape index (κ2) is 12.7. The van der Waals surface area contributed by atoms with Gasteiger partial charge in [-0.25, -0.2) is 0 Å². The topological polar surface area (TPSA) is 50.1 Å². The zero-order valence-electron chi connectivity index (χ0n) is 19.2. The fraction of sp³-hybridized carbons (Fsp3) is 0.643. The second-order valence-electron chi connectivity index (χ2n) is 9.58. The van der Waals surface area contributed by atoms with E-state index in [-0.39, 0.29) is 18.0 Å². The zero-order chi connectivity index (χ0) is 21.9. The molecule has 0 aliphatic heterocycles. The van der Waals surface area contributed by atoms with Crippen LogP contribution < -0.4 is 0 Å². The first-order chi connectivity index (χ1) is 15.2. The summed E-state index contributed by atoms with van der Waals surface area (Å²) in [4.78, 5) is 12.7. The van der Waals surface area contributed by atoms with Gasteiger partial charge in [-0.1, -0.05) is 43.7 Å². The van der Waals surface area contributed by atoms with Crippen molar-refractivity contribution < 1.29 is 9.53 Å². The number of rotatable bonds is 9. The lowest BCUT2D eigenvalue weighted by molar-refractivity contribution is -0.157. The molecule has 3 nitrogen and oxygen atoms in total. The Balaban J connectivity index is 1.36. The van der Waals surface area contributed by atoms with E-state index >= 15 is 0 Å². The predicted molar refractivity (Wildman–Crippen MR) is 126 cm³/mol. The van der Waals surface area contributed by atoms with Crippen molar-refractivity contribution in [1.29, 1.82) is 5.26 Å². The van der Waals surface area contributed by atoms with E-state index in [9.17, 15) is 4.79 Å². The number of carbonyl (C=O) groups excluding carboxylic acids is 1. The molecule has 2 aliphatic carbocycles. The van der Waals surface area contributed by atoms with E-state index < -0.39 is 0 Å². The SMILES string of the molecule is CCCCc1ccc([C@H]2CC[C@H](C(=O)O[C@H]3CC[C@H](CCC=CC#N)CC3)CC2)cc1. The van der Waals surface area contributed by atoms with Crippen LogP contribution in [0.25, 0.3) is 0 Å². The number of allylic oxidation sites excluding steroid dienone is 2. The van der Waals surface area contributed by atoms with E-state index in [1.807, 2.05) is 12.1 Å². The van der Waals surface area contributed by atoms with Gasteiger partial charge in [0.25, 0.3) is 0 Å². The Bertz CT molecular complexity index is 729. The van der Waals surface area contributed by atoms with Crippen molar-refractivity contribution in [3.8, 4) is 6.07 Å². The molecule has 0 spiro atoms. The van der Waals surface area contributed by atoms with Gasteiger partial charge in [0.2, 0.25) is 0 Å². The number of aryl methyl sites for hydroxylation is 1. The summed E-state index contributed by atoms with van der Waals surface area (Å²) in [7, 11) is 0. The lowest BCUT2D eigenvalue weighted by Gasteiger charge is -2.31. The van der Waals surface area contributed by atoms with Crippen LogP contribution in [0.1, 0.15) is 101 Å². The van der Waals surface area contributed by atoms with Crippen LogP contribution in [0.15, 0.2) is 36.4 Å². The molecule has 31 heavy (non-hydrogen) atoms. The number of benzene rings is 1. The molecule has 2 saturated carbocycles. The number of nitriles is 1. The Labute approximate surface area is 188 Å². The molecule has 3 rings (SSSR count). The minimum absolute atomic E-state index is 0.0498. The minimum Gasteiger partial charge on any atom is -0.462 e. The summed E-state index contributed by atoms with van der Waals surface area (Å²) in [6.45, 7) is 2.24. The van der Waals surface area contributed by atoms with Crippen LogP contribution in [-0.4, -0.2) is 12.1 Å². The van der Waals surface area contributed by atoms with E-state index in [1.54, 1.807) is 6.08 Å². The van der Waals surface area contributed by atoms with Crippen LogP contribution in [0.3, 0.4) is 0 Å². The first kappa shape index (κ1) is 23.6. The molecule has 2 aliphatic rings. The fourth-order valence-corrected chi connectivity index (χ4v) is 5.27. The largest absolute Gasteiger partial charge is 0.462 e. The summed E-state index contributed by atoms with van der Waals surface area (Å²) in [6, 6.07) is 11.3.